The molecule has 0 aliphatic rings. The molecule has 0 radical (unpaired) electrons. The Hall–Kier alpha value is -3.78. The van der Waals surface area contributed by atoms with E-state index >= 15 is 0 Å². The van der Waals surface area contributed by atoms with Crippen LogP contribution in [0, 0.1) is 6.92 Å². The monoisotopic (exact) mass is 412 g/mol. The standard InChI is InChI=1S/C22H16N6OS/c1-14-6-2-3-7-17(14)21(29)23-15-10-12-16(13-11-15)30-22-20-25-26-27-28(20)19-9-5-4-8-18(19)24-22/h2-13H,1H3,(H,23,29). The van der Waals surface area contributed by atoms with Gasteiger partial charge in [-0.15, -0.1) is 5.10 Å². The van der Waals surface area contributed by atoms with Crippen molar-refractivity contribution >= 4 is 40.0 Å². The lowest BCUT2D eigenvalue weighted by molar-refractivity contribution is 0.102. The summed E-state index contributed by atoms with van der Waals surface area (Å²) in [4.78, 5) is 18.2. The fourth-order valence-corrected chi connectivity index (χ4v) is 4.05. The number of rotatable bonds is 4. The van der Waals surface area contributed by atoms with E-state index in [1.807, 2.05) is 79.7 Å². The van der Waals surface area contributed by atoms with E-state index in [-0.39, 0.29) is 5.91 Å². The Morgan fingerprint density at radius 2 is 1.73 bits per heavy atom. The normalized spacial score (nSPS) is 11.1. The number of hydrogen-bond acceptors (Lipinski definition) is 6. The molecule has 5 aromatic rings. The van der Waals surface area contributed by atoms with Crippen molar-refractivity contribution in [2.24, 2.45) is 0 Å². The Kier molecular flexibility index (Phi) is 4.61. The quantitative estimate of drug-likeness (QED) is 0.471. The van der Waals surface area contributed by atoms with Gasteiger partial charge in [-0.2, -0.15) is 4.52 Å². The average molecular weight is 412 g/mol. The van der Waals surface area contributed by atoms with Crippen LogP contribution in [-0.2, 0) is 0 Å². The second kappa shape index (κ2) is 7.57. The summed E-state index contributed by atoms with van der Waals surface area (Å²) in [5.74, 6) is -0.124. The topological polar surface area (TPSA) is 85.1 Å². The van der Waals surface area contributed by atoms with Crippen molar-refractivity contribution in [3.8, 4) is 0 Å². The Morgan fingerprint density at radius 3 is 2.57 bits per heavy atom. The number of carbonyl (C=O) groups excluding carboxylic acids is 1. The second-order valence-corrected chi connectivity index (χ2v) is 7.78. The van der Waals surface area contributed by atoms with Gasteiger partial charge in [-0.3, -0.25) is 4.79 Å². The predicted molar refractivity (Wildman–Crippen MR) is 116 cm³/mol. The van der Waals surface area contributed by atoms with E-state index in [4.69, 9.17) is 4.98 Å². The maximum atomic E-state index is 12.5. The van der Waals surface area contributed by atoms with Gasteiger partial charge in [0.2, 0.25) is 5.65 Å². The number of aromatic nitrogens is 5. The first-order valence-electron chi connectivity index (χ1n) is 9.31. The summed E-state index contributed by atoms with van der Waals surface area (Å²) >= 11 is 1.48. The van der Waals surface area contributed by atoms with Gasteiger partial charge < -0.3 is 5.32 Å². The van der Waals surface area contributed by atoms with Gasteiger partial charge in [0.05, 0.1) is 11.0 Å². The molecule has 0 saturated heterocycles. The van der Waals surface area contributed by atoms with Gasteiger partial charge >= 0.3 is 0 Å². The molecule has 3 aromatic carbocycles. The zero-order valence-corrected chi connectivity index (χ0v) is 16.8. The van der Waals surface area contributed by atoms with Gasteiger partial charge in [0.1, 0.15) is 5.03 Å². The third-order valence-electron chi connectivity index (χ3n) is 4.71. The first-order chi connectivity index (χ1) is 14.7. The number of para-hydroxylation sites is 2. The van der Waals surface area contributed by atoms with Crippen molar-refractivity contribution in [2.45, 2.75) is 16.8 Å². The summed E-state index contributed by atoms with van der Waals surface area (Å²) in [6.07, 6.45) is 0. The summed E-state index contributed by atoms with van der Waals surface area (Å²) in [6.45, 7) is 1.92. The Bertz CT molecular complexity index is 1380. The summed E-state index contributed by atoms with van der Waals surface area (Å²) in [6, 6.07) is 22.9. The minimum Gasteiger partial charge on any atom is -0.322 e. The Balaban J connectivity index is 1.39. The van der Waals surface area contributed by atoms with Crippen LogP contribution in [0.3, 0.4) is 0 Å². The molecule has 1 amide bonds. The van der Waals surface area contributed by atoms with E-state index in [1.54, 1.807) is 4.52 Å². The molecular weight excluding hydrogens is 396 g/mol. The highest BCUT2D eigenvalue weighted by Gasteiger charge is 2.13. The third-order valence-corrected chi connectivity index (χ3v) is 5.68. The molecule has 7 nitrogen and oxygen atoms in total. The van der Waals surface area contributed by atoms with Gasteiger partial charge in [0.15, 0.2) is 0 Å². The van der Waals surface area contributed by atoms with Crippen LogP contribution in [0.15, 0.2) is 82.7 Å². The lowest BCUT2D eigenvalue weighted by Crippen LogP contribution is -2.13. The number of anilines is 1. The molecule has 0 atom stereocenters. The number of amides is 1. The van der Waals surface area contributed by atoms with Gasteiger partial charge in [-0.25, -0.2) is 4.98 Å². The fourth-order valence-electron chi connectivity index (χ4n) is 3.19. The second-order valence-electron chi connectivity index (χ2n) is 6.72. The molecular formula is C22H16N6OS. The van der Waals surface area contributed by atoms with Crippen molar-refractivity contribution in [2.75, 3.05) is 5.32 Å². The predicted octanol–water partition coefficient (Wildman–Crippen LogP) is 4.38. The molecule has 8 heteroatoms. The van der Waals surface area contributed by atoms with Gasteiger partial charge in [-0.05, 0) is 65.4 Å². The molecule has 5 rings (SSSR count). The fraction of sp³-hybridized carbons (Fsp3) is 0.0455. The van der Waals surface area contributed by atoms with E-state index in [9.17, 15) is 4.79 Å². The van der Waals surface area contributed by atoms with E-state index in [1.165, 1.54) is 11.8 Å². The van der Waals surface area contributed by atoms with Crippen LogP contribution < -0.4 is 5.32 Å². The van der Waals surface area contributed by atoms with Crippen molar-refractivity contribution < 1.29 is 4.79 Å². The van der Waals surface area contributed by atoms with Gasteiger partial charge in [-0.1, -0.05) is 42.1 Å². The molecule has 0 unspecified atom stereocenters. The molecule has 2 aromatic heterocycles. The molecule has 1 N–H and O–H groups in total. The van der Waals surface area contributed by atoms with Crippen LogP contribution in [0.4, 0.5) is 5.69 Å². The van der Waals surface area contributed by atoms with Crippen LogP contribution in [0.25, 0.3) is 16.7 Å². The Labute approximate surface area is 176 Å². The molecule has 0 aliphatic heterocycles. The van der Waals surface area contributed by atoms with Crippen LogP contribution in [0.2, 0.25) is 0 Å². The number of tetrazole rings is 1. The number of aryl methyl sites for hydroxylation is 1. The minimum absolute atomic E-state index is 0.124. The lowest BCUT2D eigenvalue weighted by Gasteiger charge is -2.09. The van der Waals surface area contributed by atoms with Crippen LogP contribution >= 0.6 is 11.8 Å². The highest BCUT2D eigenvalue weighted by Crippen LogP contribution is 2.31. The number of fused-ring (bicyclic) bond motifs is 3. The molecule has 2 heterocycles. The molecule has 0 bridgehead atoms. The van der Waals surface area contributed by atoms with Gasteiger partial charge in [0.25, 0.3) is 5.91 Å². The highest BCUT2D eigenvalue weighted by molar-refractivity contribution is 7.99. The molecule has 0 fully saturated rings. The van der Waals surface area contributed by atoms with Gasteiger partial charge in [0, 0.05) is 16.1 Å². The van der Waals surface area contributed by atoms with E-state index in [2.05, 4.69) is 20.8 Å². The molecule has 0 aliphatic carbocycles. The molecule has 0 spiro atoms. The summed E-state index contributed by atoms with van der Waals surface area (Å²) < 4.78 is 1.70. The van der Waals surface area contributed by atoms with Crippen molar-refractivity contribution in [1.29, 1.82) is 0 Å². The summed E-state index contributed by atoms with van der Waals surface area (Å²) in [7, 11) is 0. The largest absolute Gasteiger partial charge is 0.322 e. The number of hydrogen-bond donors (Lipinski definition) is 1. The minimum atomic E-state index is -0.124. The van der Waals surface area contributed by atoms with E-state index in [0.29, 0.717) is 11.2 Å². The van der Waals surface area contributed by atoms with Crippen molar-refractivity contribution in [3.63, 3.8) is 0 Å². The lowest BCUT2D eigenvalue weighted by atomic mass is 10.1. The number of carbonyl (C=O) groups is 1. The maximum absolute atomic E-state index is 12.5. The van der Waals surface area contributed by atoms with Crippen molar-refractivity contribution in [3.05, 3.63) is 83.9 Å². The molecule has 30 heavy (non-hydrogen) atoms. The smallest absolute Gasteiger partial charge is 0.255 e. The van der Waals surface area contributed by atoms with Crippen molar-refractivity contribution in [1.82, 2.24) is 25.0 Å². The summed E-state index contributed by atoms with van der Waals surface area (Å²) in [5, 5.41) is 15.7. The van der Waals surface area contributed by atoms with E-state index < -0.39 is 0 Å². The molecule has 146 valence electrons. The first-order valence-corrected chi connectivity index (χ1v) is 10.1. The maximum Gasteiger partial charge on any atom is 0.255 e. The number of benzene rings is 3. The highest BCUT2D eigenvalue weighted by atomic mass is 32.2. The van der Waals surface area contributed by atoms with E-state index in [0.717, 1.165) is 32.2 Å². The third kappa shape index (κ3) is 3.37. The van der Waals surface area contributed by atoms with Crippen LogP contribution in [0.5, 0.6) is 0 Å². The summed E-state index contributed by atoms with van der Waals surface area (Å²) in [5.41, 5.74) is 4.62. The SMILES string of the molecule is Cc1ccccc1C(=O)Nc1ccc(Sc2nc3ccccc3n3nnnc23)cc1. The number of nitrogens with zero attached hydrogens (tertiary/aromatic N) is 5. The Morgan fingerprint density at radius 1 is 0.967 bits per heavy atom. The molecule has 0 saturated carbocycles. The van der Waals surface area contributed by atoms with Crippen LogP contribution in [0.1, 0.15) is 15.9 Å². The number of nitrogens with one attached hydrogen (secondary N) is 1. The zero-order chi connectivity index (χ0) is 20.5. The van der Waals surface area contributed by atoms with Crippen LogP contribution in [-0.4, -0.2) is 30.9 Å². The first kappa shape index (κ1) is 18.3. The zero-order valence-electron chi connectivity index (χ0n) is 16.0. The average Bonchev–Trinajstić information content (AvgIpc) is 3.26.